The van der Waals surface area contributed by atoms with Gasteiger partial charge in [-0.05, 0) is 38.8 Å². The molecule has 0 aliphatic rings. The molecule has 1 aromatic carbocycles. The van der Waals surface area contributed by atoms with E-state index in [1.807, 2.05) is 39.0 Å². The highest BCUT2D eigenvalue weighted by Crippen LogP contribution is 2.21. The first-order valence-electron chi connectivity index (χ1n) is 7.37. The van der Waals surface area contributed by atoms with Crippen LogP contribution in [0, 0.1) is 0 Å². The molecule has 4 nitrogen and oxygen atoms in total. The van der Waals surface area contributed by atoms with Crippen molar-refractivity contribution in [3.8, 4) is 11.3 Å². The standard InChI is InChI=1S/C17H23N3O/c1-5-12-7-9-13(10-8-12)15-11-14(17(3,4)18)16(21)20(6-2)19-15/h7-11H,5-6,18H2,1-4H3. The Morgan fingerprint density at radius 1 is 1.19 bits per heavy atom. The predicted octanol–water partition coefficient (Wildman–Crippen LogP) is 2.69. The minimum atomic E-state index is -0.685. The summed E-state index contributed by atoms with van der Waals surface area (Å²) in [6, 6.07) is 10.1. The summed E-state index contributed by atoms with van der Waals surface area (Å²) in [5, 5.41) is 4.44. The summed E-state index contributed by atoms with van der Waals surface area (Å²) in [6.07, 6.45) is 1.00. The molecular formula is C17H23N3O. The summed E-state index contributed by atoms with van der Waals surface area (Å²) in [5.41, 5.74) is 8.99. The molecule has 0 unspecified atom stereocenters. The maximum atomic E-state index is 12.4. The van der Waals surface area contributed by atoms with E-state index >= 15 is 0 Å². The summed E-state index contributed by atoms with van der Waals surface area (Å²) in [5.74, 6) is 0. The van der Waals surface area contributed by atoms with E-state index < -0.39 is 5.54 Å². The van der Waals surface area contributed by atoms with E-state index in [2.05, 4.69) is 24.2 Å². The summed E-state index contributed by atoms with van der Waals surface area (Å²) in [4.78, 5) is 12.4. The Morgan fingerprint density at radius 2 is 1.81 bits per heavy atom. The van der Waals surface area contributed by atoms with Crippen LogP contribution in [-0.2, 0) is 18.5 Å². The second-order valence-electron chi connectivity index (χ2n) is 5.84. The molecule has 2 aromatic rings. The van der Waals surface area contributed by atoms with Gasteiger partial charge in [0.05, 0.1) is 5.69 Å². The van der Waals surface area contributed by atoms with Gasteiger partial charge in [-0.15, -0.1) is 0 Å². The monoisotopic (exact) mass is 285 g/mol. The third-order valence-corrected chi connectivity index (χ3v) is 3.63. The number of nitrogens with two attached hydrogens (primary N) is 1. The number of hydrogen-bond donors (Lipinski definition) is 1. The minimum Gasteiger partial charge on any atom is -0.322 e. The molecule has 0 atom stereocenters. The predicted molar refractivity (Wildman–Crippen MR) is 86.2 cm³/mol. The average molecular weight is 285 g/mol. The molecule has 21 heavy (non-hydrogen) atoms. The number of aryl methyl sites for hydroxylation is 2. The van der Waals surface area contributed by atoms with Crippen LogP contribution in [0.1, 0.15) is 38.8 Å². The van der Waals surface area contributed by atoms with Crippen molar-refractivity contribution in [3.05, 3.63) is 51.8 Å². The molecule has 0 saturated heterocycles. The zero-order valence-corrected chi connectivity index (χ0v) is 13.2. The van der Waals surface area contributed by atoms with E-state index in [1.54, 1.807) is 0 Å². The van der Waals surface area contributed by atoms with Gasteiger partial charge in [0, 0.05) is 23.2 Å². The Hall–Kier alpha value is -1.94. The van der Waals surface area contributed by atoms with Crippen molar-refractivity contribution in [2.45, 2.75) is 46.2 Å². The van der Waals surface area contributed by atoms with Gasteiger partial charge in [0.25, 0.3) is 5.56 Å². The van der Waals surface area contributed by atoms with Gasteiger partial charge in [0.1, 0.15) is 0 Å². The fraction of sp³-hybridized carbons (Fsp3) is 0.412. The van der Waals surface area contributed by atoms with E-state index in [9.17, 15) is 4.79 Å². The summed E-state index contributed by atoms with van der Waals surface area (Å²) in [6.45, 7) is 8.25. The highest BCUT2D eigenvalue weighted by Gasteiger charge is 2.21. The second kappa shape index (κ2) is 5.82. The molecule has 1 aromatic heterocycles. The highest BCUT2D eigenvalue weighted by molar-refractivity contribution is 5.60. The van der Waals surface area contributed by atoms with Crippen LogP contribution >= 0.6 is 0 Å². The maximum Gasteiger partial charge on any atom is 0.271 e. The summed E-state index contributed by atoms with van der Waals surface area (Å²) < 4.78 is 1.48. The normalized spacial score (nSPS) is 11.7. The summed E-state index contributed by atoms with van der Waals surface area (Å²) in [7, 11) is 0. The van der Waals surface area contributed by atoms with Gasteiger partial charge in [0.2, 0.25) is 0 Å². The topological polar surface area (TPSA) is 60.9 Å². The van der Waals surface area contributed by atoms with Gasteiger partial charge in [0.15, 0.2) is 0 Å². The van der Waals surface area contributed by atoms with Gasteiger partial charge in [-0.3, -0.25) is 4.79 Å². The first kappa shape index (κ1) is 15.4. The van der Waals surface area contributed by atoms with Crippen LogP contribution in [0.4, 0.5) is 0 Å². The van der Waals surface area contributed by atoms with Crippen LogP contribution in [-0.4, -0.2) is 9.78 Å². The van der Waals surface area contributed by atoms with Crippen molar-refractivity contribution in [3.63, 3.8) is 0 Å². The molecule has 0 aliphatic heterocycles. The fourth-order valence-electron chi connectivity index (χ4n) is 2.27. The number of rotatable bonds is 4. The fourth-order valence-corrected chi connectivity index (χ4v) is 2.27. The van der Waals surface area contributed by atoms with Crippen LogP contribution in [0.15, 0.2) is 35.1 Å². The molecule has 0 radical (unpaired) electrons. The highest BCUT2D eigenvalue weighted by atomic mass is 16.1. The third-order valence-electron chi connectivity index (χ3n) is 3.63. The molecule has 0 saturated carbocycles. The lowest BCUT2D eigenvalue weighted by atomic mass is 9.95. The molecule has 0 bridgehead atoms. The molecule has 2 rings (SSSR count). The Kier molecular flexibility index (Phi) is 4.28. The Balaban J connectivity index is 2.60. The number of aromatic nitrogens is 2. The van der Waals surface area contributed by atoms with Gasteiger partial charge in [-0.25, -0.2) is 4.68 Å². The van der Waals surface area contributed by atoms with Crippen molar-refractivity contribution in [1.82, 2.24) is 9.78 Å². The zero-order valence-electron chi connectivity index (χ0n) is 13.2. The smallest absolute Gasteiger partial charge is 0.271 e. The van der Waals surface area contributed by atoms with Crippen LogP contribution in [0.5, 0.6) is 0 Å². The lowest BCUT2D eigenvalue weighted by Gasteiger charge is -2.20. The van der Waals surface area contributed by atoms with E-state index in [0.29, 0.717) is 12.1 Å². The van der Waals surface area contributed by atoms with E-state index in [1.165, 1.54) is 10.2 Å². The number of benzene rings is 1. The molecule has 0 amide bonds. The van der Waals surface area contributed by atoms with E-state index in [4.69, 9.17) is 5.73 Å². The molecule has 0 spiro atoms. The SMILES string of the molecule is CCc1ccc(-c2cc(C(C)(C)N)c(=O)n(CC)n2)cc1. The summed E-state index contributed by atoms with van der Waals surface area (Å²) >= 11 is 0. The lowest BCUT2D eigenvalue weighted by Crippen LogP contribution is -2.39. The Morgan fingerprint density at radius 3 is 2.29 bits per heavy atom. The molecule has 4 heteroatoms. The minimum absolute atomic E-state index is 0.112. The first-order chi connectivity index (χ1) is 9.86. The molecule has 1 heterocycles. The van der Waals surface area contributed by atoms with Crippen molar-refractivity contribution >= 4 is 0 Å². The quantitative estimate of drug-likeness (QED) is 0.939. The van der Waals surface area contributed by atoms with Crippen molar-refractivity contribution < 1.29 is 0 Å². The molecule has 0 aliphatic carbocycles. The van der Waals surface area contributed by atoms with Crippen molar-refractivity contribution in [1.29, 1.82) is 0 Å². The number of hydrogen-bond acceptors (Lipinski definition) is 3. The van der Waals surface area contributed by atoms with Crippen molar-refractivity contribution in [2.75, 3.05) is 0 Å². The lowest BCUT2D eigenvalue weighted by molar-refractivity contribution is 0.519. The van der Waals surface area contributed by atoms with E-state index in [-0.39, 0.29) is 5.56 Å². The van der Waals surface area contributed by atoms with Crippen molar-refractivity contribution in [2.24, 2.45) is 5.73 Å². The van der Waals surface area contributed by atoms with Gasteiger partial charge in [-0.1, -0.05) is 31.2 Å². The zero-order chi connectivity index (χ0) is 15.6. The van der Waals surface area contributed by atoms with Crippen LogP contribution in [0.2, 0.25) is 0 Å². The largest absolute Gasteiger partial charge is 0.322 e. The number of nitrogens with zero attached hydrogens (tertiary/aromatic N) is 2. The molecule has 112 valence electrons. The van der Waals surface area contributed by atoms with Crippen LogP contribution < -0.4 is 11.3 Å². The molecule has 2 N–H and O–H groups in total. The van der Waals surface area contributed by atoms with Gasteiger partial charge < -0.3 is 5.73 Å². The average Bonchev–Trinajstić information content (AvgIpc) is 2.46. The van der Waals surface area contributed by atoms with Crippen LogP contribution in [0.3, 0.4) is 0 Å². The molecule has 0 fully saturated rings. The maximum absolute atomic E-state index is 12.4. The molecular weight excluding hydrogens is 262 g/mol. The Labute approximate surface area is 125 Å². The van der Waals surface area contributed by atoms with Gasteiger partial charge >= 0.3 is 0 Å². The second-order valence-corrected chi connectivity index (χ2v) is 5.84. The van der Waals surface area contributed by atoms with E-state index in [0.717, 1.165) is 17.7 Å². The van der Waals surface area contributed by atoms with Gasteiger partial charge in [-0.2, -0.15) is 5.10 Å². The van der Waals surface area contributed by atoms with Crippen LogP contribution in [0.25, 0.3) is 11.3 Å². The first-order valence-corrected chi connectivity index (χ1v) is 7.37. The third kappa shape index (κ3) is 3.22. The Bertz CT molecular complexity index is 679.